The Hall–Kier alpha value is -1.42. The average Bonchev–Trinajstić information content (AvgIpc) is 2.27. The number of nitrogens with two attached hydrogens (primary N) is 1. The maximum Gasteiger partial charge on any atom is 0.237 e. The van der Waals surface area contributed by atoms with Crippen LogP contribution in [0.4, 0.5) is 0 Å². The monoisotopic (exact) mass is 235 g/mol. The topological polar surface area (TPSA) is 68.0 Å². The van der Waals surface area contributed by atoms with Crippen molar-refractivity contribution in [3.63, 3.8) is 0 Å². The third-order valence-corrected chi connectivity index (χ3v) is 2.76. The normalized spacial score (nSPS) is 15.1. The van der Waals surface area contributed by atoms with E-state index in [1.165, 1.54) is 0 Å². The van der Waals surface area contributed by atoms with E-state index in [1.54, 1.807) is 12.4 Å². The zero-order valence-electron chi connectivity index (χ0n) is 10.9. The summed E-state index contributed by atoms with van der Waals surface area (Å²) in [6.45, 7) is 7.77. The molecule has 2 atom stereocenters. The second-order valence-corrected chi connectivity index (χ2v) is 5.36. The largest absolute Gasteiger partial charge is 0.348 e. The summed E-state index contributed by atoms with van der Waals surface area (Å²) >= 11 is 0. The fourth-order valence-electron chi connectivity index (χ4n) is 1.41. The number of aromatic nitrogens is 1. The van der Waals surface area contributed by atoms with Crippen LogP contribution in [-0.4, -0.2) is 16.9 Å². The van der Waals surface area contributed by atoms with Gasteiger partial charge in [0, 0.05) is 12.4 Å². The van der Waals surface area contributed by atoms with E-state index in [0.717, 1.165) is 5.56 Å². The van der Waals surface area contributed by atoms with Crippen LogP contribution in [0.3, 0.4) is 0 Å². The van der Waals surface area contributed by atoms with Crippen molar-refractivity contribution < 1.29 is 4.79 Å². The second-order valence-electron chi connectivity index (χ2n) is 5.36. The molecular formula is C13H21N3O. The number of carbonyl (C=O) groups is 1. The molecule has 0 radical (unpaired) electrons. The van der Waals surface area contributed by atoms with Crippen molar-refractivity contribution >= 4 is 5.91 Å². The summed E-state index contributed by atoms with van der Waals surface area (Å²) in [5, 5.41) is 2.90. The SMILES string of the molecule is C[C@H](NC(=O)[C@H](N)C(C)(C)C)c1cccnc1. The first-order valence-corrected chi connectivity index (χ1v) is 5.78. The van der Waals surface area contributed by atoms with Gasteiger partial charge in [-0.05, 0) is 24.0 Å². The molecule has 0 saturated heterocycles. The van der Waals surface area contributed by atoms with Crippen molar-refractivity contribution in [2.45, 2.75) is 39.8 Å². The molecule has 0 aliphatic carbocycles. The van der Waals surface area contributed by atoms with E-state index in [2.05, 4.69) is 10.3 Å². The molecule has 0 aromatic carbocycles. The van der Waals surface area contributed by atoms with E-state index >= 15 is 0 Å². The Morgan fingerprint density at radius 3 is 2.59 bits per heavy atom. The first kappa shape index (κ1) is 13.6. The van der Waals surface area contributed by atoms with Gasteiger partial charge in [-0.1, -0.05) is 26.8 Å². The molecule has 94 valence electrons. The Morgan fingerprint density at radius 1 is 1.47 bits per heavy atom. The number of rotatable bonds is 3. The van der Waals surface area contributed by atoms with Gasteiger partial charge < -0.3 is 11.1 Å². The van der Waals surface area contributed by atoms with E-state index < -0.39 is 6.04 Å². The summed E-state index contributed by atoms with van der Waals surface area (Å²) in [6, 6.07) is 3.19. The molecule has 0 unspecified atom stereocenters. The van der Waals surface area contributed by atoms with E-state index in [-0.39, 0.29) is 17.4 Å². The number of nitrogens with one attached hydrogen (secondary N) is 1. The molecule has 0 aliphatic rings. The second kappa shape index (κ2) is 5.27. The van der Waals surface area contributed by atoms with Crippen molar-refractivity contribution in [1.29, 1.82) is 0 Å². The number of hydrogen-bond donors (Lipinski definition) is 2. The van der Waals surface area contributed by atoms with Gasteiger partial charge in [-0.3, -0.25) is 9.78 Å². The van der Waals surface area contributed by atoms with Gasteiger partial charge in [-0.25, -0.2) is 0 Å². The highest BCUT2D eigenvalue weighted by Gasteiger charge is 2.28. The average molecular weight is 235 g/mol. The van der Waals surface area contributed by atoms with Crippen LogP contribution in [0.25, 0.3) is 0 Å². The Kier molecular flexibility index (Phi) is 4.23. The van der Waals surface area contributed by atoms with E-state index in [9.17, 15) is 4.79 Å². The lowest BCUT2D eigenvalue weighted by molar-refractivity contribution is -0.125. The number of pyridine rings is 1. The molecule has 1 aromatic rings. The summed E-state index contributed by atoms with van der Waals surface area (Å²) in [7, 11) is 0. The lowest BCUT2D eigenvalue weighted by Gasteiger charge is -2.27. The quantitative estimate of drug-likeness (QED) is 0.836. The number of hydrogen-bond acceptors (Lipinski definition) is 3. The van der Waals surface area contributed by atoms with Gasteiger partial charge in [-0.15, -0.1) is 0 Å². The maximum absolute atomic E-state index is 11.9. The molecule has 0 aliphatic heterocycles. The molecule has 0 saturated carbocycles. The Balaban J connectivity index is 2.64. The standard InChI is InChI=1S/C13H21N3O/c1-9(10-6-5-7-15-8-10)16-12(17)11(14)13(2,3)4/h5-9,11H,14H2,1-4H3,(H,16,17)/t9-,11-/m0/s1. The summed E-state index contributed by atoms with van der Waals surface area (Å²) in [5.74, 6) is -0.131. The summed E-state index contributed by atoms with van der Waals surface area (Å²) in [4.78, 5) is 15.9. The predicted molar refractivity (Wildman–Crippen MR) is 68.2 cm³/mol. The van der Waals surface area contributed by atoms with Crippen molar-refractivity contribution in [1.82, 2.24) is 10.3 Å². The van der Waals surface area contributed by atoms with E-state index in [1.807, 2.05) is 39.8 Å². The first-order chi connectivity index (χ1) is 7.82. The highest BCUT2D eigenvalue weighted by Crippen LogP contribution is 2.18. The van der Waals surface area contributed by atoms with Crippen LogP contribution in [0.5, 0.6) is 0 Å². The fraction of sp³-hybridized carbons (Fsp3) is 0.538. The molecular weight excluding hydrogens is 214 g/mol. The number of nitrogens with zero attached hydrogens (tertiary/aromatic N) is 1. The Labute approximate surface area is 103 Å². The van der Waals surface area contributed by atoms with Gasteiger partial charge in [0.1, 0.15) is 0 Å². The molecule has 3 N–H and O–H groups in total. The molecule has 4 nitrogen and oxygen atoms in total. The molecule has 4 heteroatoms. The zero-order valence-corrected chi connectivity index (χ0v) is 10.9. The lowest BCUT2D eigenvalue weighted by Crippen LogP contribution is -2.49. The van der Waals surface area contributed by atoms with Gasteiger partial charge in [-0.2, -0.15) is 0 Å². The summed E-state index contributed by atoms with van der Waals surface area (Å²) < 4.78 is 0. The van der Waals surface area contributed by atoms with Crippen LogP contribution in [-0.2, 0) is 4.79 Å². The fourth-order valence-corrected chi connectivity index (χ4v) is 1.41. The summed E-state index contributed by atoms with van der Waals surface area (Å²) in [6.07, 6.45) is 3.45. The van der Waals surface area contributed by atoms with Crippen molar-refractivity contribution in [2.24, 2.45) is 11.1 Å². The van der Waals surface area contributed by atoms with Crippen LogP contribution in [0.15, 0.2) is 24.5 Å². The third-order valence-electron chi connectivity index (χ3n) is 2.76. The van der Waals surface area contributed by atoms with Crippen molar-refractivity contribution in [2.75, 3.05) is 0 Å². The molecule has 0 spiro atoms. The summed E-state index contributed by atoms with van der Waals surface area (Å²) in [5.41, 5.74) is 6.63. The van der Waals surface area contributed by atoms with Gasteiger partial charge in [0.15, 0.2) is 0 Å². The number of carbonyl (C=O) groups excluding carboxylic acids is 1. The molecule has 1 rings (SSSR count). The lowest BCUT2D eigenvalue weighted by atomic mass is 9.87. The van der Waals surface area contributed by atoms with Crippen molar-refractivity contribution in [3.05, 3.63) is 30.1 Å². The molecule has 17 heavy (non-hydrogen) atoms. The van der Waals surface area contributed by atoms with Gasteiger partial charge >= 0.3 is 0 Å². The van der Waals surface area contributed by atoms with Crippen LogP contribution in [0.2, 0.25) is 0 Å². The molecule has 1 heterocycles. The van der Waals surface area contributed by atoms with Crippen LogP contribution < -0.4 is 11.1 Å². The minimum atomic E-state index is -0.512. The van der Waals surface area contributed by atoms with E-state index in [0.29, 0.717) is 0 Å². The van der Waals surface area contributed by atoms with Crippen molar-refractivity contribution in [3.8, 4) is 0 Å². The predicted octanol–water partition coefficient (Wildman–Crippen LogP) is 1.63. The van der Waals surface area contributed by atoms with E-state index in [4.69, 9.17) is 5.73 Å². The maximum atomic E-state index is 11.9. The minimum Gasteiger partial charge on any atom is -0.348 e. The van der Waals surface area contributed by atoms with Crippen LogP contribution >= 0.6 is 0 Å². The smallest absolute Gasteiger partial charge is 0.237 e. The van der Waals surface area contributed by atoms with Gasteiger partial charge in [0.05, 0.1) is 12.1 Å². The highest BCUT2D eigenvalue weighted by atomic mass is 16.2. The molecule has 1 amide bonds. The highest BCUT2D eigenvalue weighted by molar-refractivity contribution is 5.82. The minimum absolute atomic E-state index is 0.0791. The molecule has 0 fully saturated rings. The molecule has 1 aromatic heterocycles. The Bertz CT molecular complexity index is 370. The molecule has 0 bridgehead atoms. The van der Waals surface area contributed by atoms with Gasteiger partial charge in [0.25, 0.3) is 0 Å². The van der Waals surface area contributed by atoms with Crippen LogP contribution in [0, 0.1) is 5.41 Å². The van der Waals surface area contributed by atoms with Gasteiger partial charge in [0.2, 0.25) is 5.91 Å². The zero-order chi connectivity index (χ0) is 13.1. The Morgan fingerprint density at radius 2 is 2.12 bits per heavy atom. The van der Waals surface area contributed by atoms with Crippen LogP contribution in [0.1, 0.15) is 39.3 Å². The third kappa shape index (κ3) is 3.82. The first-order valence-electron chi connectivity index (χ1n) is 5.78. The number of amides is 1.